The van der Waals surface area contributed by atoms with Crippen molar-refractivity contribution in [1.82, 2.24) is 4.90 Å². The van der Waals surface area contributed by atoms with E-state index in [0.717, 1.165) is 11.3 Å². The minimum Gasteiger partial charge on any atom is -0.493 e. The highest BCUT2D eigenvalue weighted by molar-refractivity contribution is 5.73. The second-order valence-corrected chi connectivity index (χ2v) is 7.20. The van der Waals surface area contributed by atoms with Crippen molar-refractivity contribution in [1.29, 1.82) is 0 Å². The Hall–Kier alpha value is -3.03. The first kappa shape index (κ1) is 21.7. The normalized spacial score (nSPS) is 16.6. The summed E-state index contributed by atoms with van der Waals surface area (Å²) < 4.78 is 36.6. The van der Waals surface area contributed by atoms with Crippen LogP contribution in [0.4, 0.5) is 19.3 Å². The lowest BCUT2D eigenvalue weighted by Gasteiger charge is -2.42. The number of carbonyl (C=O) groups excluding carboxylic acids is 1. The maximum atomic E-state index is 12.9. The summed E-state index contributed by atoms with van der Waals surface area (Å²) in [5, 5.41) is 0. The summed E-state index contributed by atoms with van der Waals surface area (Å²) in [6, 6.07) is 14.7. The van der Waals surface area contributed by atoms with E-state index in [1.54, 1.807) is 17.0 Å². The minimum absolute atomic E-state index is 0.102. The number of urea groups is 1. The van der Waals surface area contributed by atoms with Gasteiger partial charge < -0.3 is 25.0 Å². The average molecular weight is 419 g/mol. The van der Waals surface area contributed by atoms with Gasteiger partial charge in [0.15, 0.2) is 17.6 Å². The third kappa shape index (κ3) is 5.11. The highest BCUT2D eigenvalue weighted by Gasteiger charge is 2.30. The van der Waals surface area contributed by atoms with Gasteiger partial charge in [0.2, 0.25) is 0 Å². The van der Waals surface area contributed by atoms with Crippen LogP contribution in [0.1, 0.15) is 5.56 Å². The largest absolute Gasteiger partial charge is 0.493 e. The van der Waals surface area contributed by atoms with Gasteiger partial charge in [-0.1, -0.05) is 30.3 Å². The molecule has 8 heteroatoms. The molecule has 3 rings (SSSR count). The van der Waals surface area contributed by atoms with E-state index in [1.165, 1.54) is 7.11 Å². The van der Waals surface area contributed by atoms with Crippen molar-refractivity contribution in [3.63, 3.8) is 0 Å². The van der Waals surface area contributed by atoms with Gasteiger partial charge in [-0.2, -0.15) is 0 Å². The number of amides is 2. The Kier molecular flexibility index (Phi) is 7.32. The van der Waals surface area contributed by atoms with Gasteiger partial charge in [0.05, 0.1) is 13.2 Å². The van der Waals surface area contributed by atoms with Crippen LogP contribution in [-0.2, 0) is 6.42 Å². The molecule has 2 amide bonds. The number of hydrogen-bond acceptors (Lipinski definition) is 4. The quantitative estimate of drug-likeness (QED) is 0.714. The number of methoxy groups -OCH3 is 1. The summed E-state index contributed by atoms with van der Waals surface area (Å²) in [4.78, 5) is 15.7. The van der Waals surface area contributed by atoms with Crippen LogP contribution in [0.5, 0.6) is 11.5 Å². The summed E-state index contributed by atoms with van der Waals surface area (Å²) in [7, 11) is 1.48. The molecule has 0 saturated carbocycles. The molecule has 0 spiro atoms. The Bertz CT molecular complexity index is 834. The number of piperazine rings is 1. The topological polar surface area (TPSA) is 68.0 Å². The molecule has 1 saturated heterocycles. The highest BCUT2D eigenvalue weighted by atomic mass is 19.1. The molecule has 0 bridgehead atoms. The number of carbonyl (C=O) groups is 1. The van der Waals surface area contributed by atoms with Crippen LogP contribution in [0.15, 0.2) is 48.5 Å². The molecular weight excluding hydrogens is 392 g/mol. The molecule has 1 unspecified atom stereocenters. The zero-order chi connectivity index (χ0) is 21.5. The zero-order valence-corrected chi connectivity index (χ0v) is 17.0. The molecule has 1 fully saturated rings. The van der Waals surface area contributed by atoms with E-state index >= 15 is 0 Å². The molecule has 1 heterocycles. The Balaban J connectivity index is 1.81. The van der Waals surface area contributed by atoms with Crippen LogP contribution in [0.2, 0.25) is 0 Å². The van der Waals surface area contributed by atoms with Crippen molar-refractivity contribution < 1.29 is 23.0 Å². The molecule has 0 aliphatic carbocycles. The average Bonchev–Trinajstić information content (AvgIpc) is 2.77. The molecule has 0 aromatic heterocycles. The molecule has 2 aromatic rings. The Morgan fingerprint density at radius 3 is 2.50 bits per heavy atom. The van der Waals surface area contributed by atoms with Gasteiger partial charge in [0.25, 0.3) is 0 Å². The van der Waals surface area contributed by atoms with Gasteiger partial charge in [-0.25, -0.2) is 13.6 Å². The number of halogens is 2. The standard InChI is InChI=1S/C22H27F2N3O3/c1-29-20-8-7-17(12-21(20)30-19(13-23)14-24)26-9-10-27(22(25)28)18(15-26)11-16-5-3-2-4-6-16/h2-8,12,18-19H,9-11,13-15H2,1H3,(H2,25,28). The van der Waals surface area contributed by atoms with E-state index in [9.17, 15) is 13.6 Å². The molecule has 1 aliphatic rings. The van der Waals surface area contributed by atoms with Crippen molar-refractivity contribution in [2.24, 2.45) is 5.73 Å². The summed E-state index contributed by atoms with van der Waals surface area (Å²) >= 11 is 0. The fraction of sp³-hybridized carbons (Fsp3) is 0.409. The molecule has 6 nitrogen and oxygen atoms in total. The first-order chi connectivity index (χ1) is 14.5. The second kappa shape index (κ2) is 10.1. The van der Waals surface area contributed by atoms with Crippen LogP contribution < -0.4 is 20.1 Å². The highest BCUT2D eigenvalue weighted by Crippen LogP contribution is 2.33. The molecule has 1 aliphatic heterocycles. The second-order valence-electron chi connectivity index (χ2n) is 7.20. The van der Waals surface area contributed by atoms with E-state index in [1.807, 2.05) is 36.4 Å². The first-order valence-electron chi connectivity index (χ1n) is 9.87. The molecule has 1 atom stereocenters. The predicted molar refractivity (Wildman–Crippen MR) is 112 cm³/mol. The number of nitrogens with zero attached hydrogens (tertiary/aromatic N) is 2. The lowest BCUT2D eigenvalue weighted by molar-refractivity contribution is 0.129. The summed E-state index contributed by atoms with van der Waals surface area (Å²) in [6.45, 7) is -0.234. The summed E-state index contributed by atoms with van der Waals surface area (Å²) in [5.74, 6) is 0.689. The maximum Gasteiger partial charge on any atom is 0.315 e. The van der Waals surface area contributed by atoms with Gasteiger partial charge in [-0.3, -0.25) is 0 Å². The van der Waals surface area contributed by atoms with Crippen LogP contribution in [0.3, 0.4) is 0 Å². The van der Waals surface area contributed by atoms with Crippen LogP contribution in [0.25, 0.3) is 0 Å². The van der Waals surface area contributed by atoms with Crippen LogP contribution >= 0.6 is 0 Å². The Labute approximate surface area is 175 Å². The van der Waals surface area contributed by atoms with Crippen molar-refractivity contribution in [2.45, 2.75) is 18.6 Å². The summed E-state index contributed by atoms with van der Waals surface area (Å²) in [5.41, 5.74) is 7.54. The predicted octanol–water partition coefficient (Wildman–Crippen LogP) is 3.19. The first-order valence-corrected chi connectivity index (χ1v) is 9.87. The smallest absolute Gasteiger partial charge is 0.315 e. The third-order valence-electron chi connectivity index (χ3n) is 5.23. The fourth-order valence-electron chi connectivity index (χ4n) is 3.68. The lowest BCUT2D eigenvalue weighted by atomic mass is 10.0. The number of primary amides is 1. The molecule has 0 radical (unpaired) electrons. The molecule has 30 heavy (non-hydrogen) atoms. The van der Waals surface area contributed by atoms with Crippen molar-refractivity contribution in [2.75, 3.05) is 45.0 Å². The van der Waals surface area contributed by atoms with Gasteiger partial charge in [-0.15, -0.1) is 0 Å². The van der Waals surface area contributed by atoms with Crippen molar-refractivity contribution in [3.8, 4) is 11.5 Å². The minimum atomic E-state index is -1.17. The molecule has 2 aromatic carbocycles. The number of nitrogens with two attached hydrogens (primary N) is 1. The number of hydrogen-bond donors (Lipinski definition) is 1. The van der Waals surface area contributed by atoms with Crippen LogP contribution in [0, 0.1) is 0 Å². The van der Waals surface area contributed by atoms with Gasteiger partial charge in [-0.05, 0) is 24.1 Å². The molecule has 162 valence electrons. The van der Waals surface area contributed by atoms with Crippen molar-refractivity contribution >= 4 is 11.7 Å². The fourth-order valence-corrected chi connectivity index (χ4v) is 3.68. The van der Waals surface area contributed by atoms with E-state index in [-0.39, 0.29) is 11.8 Å². The number of benzene rings is 2. The monoisotopic (exact) mass is 419 g/mol. The Morgan fingerprint density at radius 2 is 1.87 bits per heavy atom. The van der Waals surface area contributed by atoms with Crippen molar-refractivity contribution in [3.05, 3.63) is 54.1 Å². The number of anilines is 1. The third-order valence-corrected chi connectivity index (χ3v) is 5.23. The molecule has 2 N–H and O–H groups in total. The number of rotatable bonds is 8. The van der Waals surface area contributed by atoms with Gasteiger partial charge in [0.1, 0.15) is 13.3 Å². The molecular formula is C22H27F2N3O3. The zero-order valence-electron chi connectivity index (χ0n) is 17.0. The van der Waals surface area contributed by atoms with Crippen LogP contribution in [-0.4, -0.2) is 63.2 Å². The van der Waals surface area contributed by atoms with E-state index in [2.05, 4.69) is 4.90 Å². The van der Waals surface area contributed by atoms with E-state index < -0.39 is 25.5 Å². The maximum absolute atomic E-state index is 12.9. The number of ether oxygens (including phenoxy) is 2. The van der Waals surface area contributed by atoms with E-state index in [4.69, 9.17) is 15.2 Å². The number of alkyl halides is 2. The lowest BCUT2D eigenvalue weighted by Crippen LogP contribution is -2.57. The van der Waals surface area contributed by atoms with Gasteiger partial charge in [0, 0.05) is 31.4 Å². The SMILES string of the molecule is COc1ccc(N2CCN(C(N)=O)C(Cc3ccccc3)C2)cc1OC(CF)CF. The summed E-state index contributed by atoms with van der Waals surface area (Å²) in [6.07, 6.45) is -0.502. The Morgan fingerprint density at radius 1 is 1.13 bits per heavy atom. The van der Waals surface area contributed by atoms with E-state index in [0.29, 0.717) is 31.8 Å². The van der Waals surface area contributed by atoms with Gasteiger partial charge >= 0.3 is 6.03 Å².